The maximum Gasteiger partial charge on any atom is 0.266 e. The van der Waals surface area contributed by atoms with E-state index in [0.717, 1.165) is 31.6 Å². The van der Waals surface area contributed by atoms with E-state index in [0.29, 0.717) is 27.5 Å². The number of para-hydroxylation sites is 1. The fourth-order valence-corrected chi connectivity index (χ4v) is 4.81. The summed E-state index contributed by atoms with van der Waals surface area (Å²) in [6.45, 7) is 2.26. The molecule has 162 valence electrons. The highest BCUT2D eigenvalue weighted by Gasteiger charge is 2.21. The molecule has 1 saturated carbocycles. The molecule has 1 aliphatic carbocycles. The first-order chi connectivity index (χ1) is 15.0. The number of fused-ring (bicyclic) bond motifs is 1. The van der Waals surface area contributed by atoms with Gasteiger partial charge in [0.05, 0.1) is 29.5 Å². The van der Waals surface area contributed by atoms with Gasteiger partial charge in [0.2, 0.25) is 5.91 Å². The minimum atomic E-state index is -0.164. The molecule has 31 heavy (non-hydrogen) atoms. The van der Waals surface area contributed by atoms with Gasteiger partial charge < -0.3 is 10.1 Å². The van der Waals surface area contributed by atoms with Gasteiger partial charge in [-0.1, -0.05) is 36.9 Å². The van der Waals surface area contributed by atoms with Gasteiger partial charge >= 0.3 is 0 Å². The zero-order valence-electron chi connectivity index (χ0n) is 17.8. The number of carbonyl (C=O) groups excluding carboxylic acids is 1. The van der Waals surface area contributed by atoms with E-state index < -0.39 is 0 Å². The number of benzene rings is 2. The van der Waals surface area contributed by atoms with Crippen molar-refractivity contribution in [3.63, 3.8) is 0 Å². The Kier molecular flexibility index (Phi) is 6.61. The molecule has 1 aliphatic rings. The molecule has 1 aromatic heterocycles. The zero-order chi connectivity index (χ0) is 21.8. The first-order valence-corrected chi connectivity index (χ1v) is 11.6. The average molecular weight is 438 g/mol. The molecule has 1 amide bonds. The number of methoxy groups -OCH3 is 1. The van der Waals surface area contributed by atoms with Crippen molar-refractivity contribution in [2.45, 2.75) is 43.8 Å². The van der Waals surface area contributed by atoms with E-state index in [1.54, 1.807) is 23.8 Å². The first kappa shape index (κ1) is 21.4. The molecule has 2 aromatic carbocycles. The number of aromatic nitrogens is 2. The van der Waals surface area contributed by atoms with E-state index in [-0.39, 0.29) is 23.3 Å². The van der Waals surface area contributed by atoms with Crippen molar-refractivity contribution in [2.24, 2.45) is 5.92 Å². The lowest BCUT2D eigenvalue weighted by Crippen LogP contribution is -2.38. The highest BCUT2D eigenvalue weighted by atomic mass is 32.2. The number of nitrogens with one attached hydrogen (secondary N) is 1. The van der Waals surface area contributed by atoms with Crippen LogP contribution >= 0.6 is 11.8 Å². The van der Waals surface area contributed by atoms with Crippen LogP contribution in [-0.4, -0.2) is 34.4 Å². The Labute approximate surface area is 186 Å². The molecule has 0 bridgehead atoms. The van der Waals surface area contributed by atoms with Crippen LogP contribution in [0.4, 0.5) is 0 Å². The van der Waals surface area contributed by atoms with Crippen LogP contribution in [0.25, 0.3) is 16.6 Å². The van der Waals surface area contributed by atoms with E-state index >= 15 is 0 Å². The smallest absolute Gasteiger partial charge is 0.266 e. The Morgan fingerprint density at radius 2 is 1.94 bits per heavy atom. The molecule has 0 spiro atoms. The Bertz CT molecular complexity index is 1140. The standard InChI is InChI=1S/C24H27N3O3S/c1-16-10-12-17(13-11-16)25-22(28)15-31-24-26-21-9-4-3-8-20(21)23(29)27(24)18-6-5-7-19(14-18)30-2/h3-9,14,16-17H,10-13,15H2,1-2H3,(H,25,28). The molecule has 0 radical (unpaired) electrons. The molecule has 0 saturated heterocycles. The molecule has 0 aliphatic heterocycles. The second kappa shape index (κ2) is 9.56. The third-order valence-corrected chi connectivity index (χ3v) is 6.71. The van der Waals surface area contributed by atoms with E-state index in [1.807, 2.05) is 36.4 Å². The van der Waals surface area contributed by atoms with Crippen LogP contribution in [-0.2, 0) is 4.79 Å². The van der Waals surface area contributed by atoms with Gasteiger partial charge in [-0.2, -0.15) is 0 Å². The molecule has 1 fully saturated rings. The van der Waals surface area contributed by atoms with Gasteiger partial charge in [-0.25, -0.2) is 4.98 Å². The lowest BCUT2D eigenvalue weighted by Gasteiger charge is -2.26. The van der Waals surface area contributed by atoms with Crippen molar-refractivity contribution < 1.29 is 9.53 Å². The van der Waals surface area contributed by atoms with Crippen LogP contribution in [0.1, 0.15) is 32.6 Å². The van der Waals surface area contributed by atoms with Crippen LogP contribution in [0.2, 0.25) is 0 Å². The van der Waals surface area contributed by atoms with Crippen LogP contribution in [0, 0.1) is 5.92 Å². The normalized spacial score (nSPS) is 18.6. The van der Waals surface area contributed by atoms with Gasteiger partial charge in [-0.05, 0) is 55.9 Å². The molecule has 6 nitrogen and oxygen atoms in total. The van der Waals surface area contributed by atoms with E-state index in [9.17, 15) is 9.59 Å². The number of hydrogen-bond donors (Lipinski definition) is 1. The van der Waals surface area contributed by atoms with Crippen molar-refractivity contribution in [3.8, 4) is 11.4 Å². The Morgan fingerprint density at radius 1 is 1.16 bits per heavy atom. The number of rotatable bonds is 6. The largest absolute Gasteiger partial charge is 0.497 e. The van der Waals surface area contributed by atoms with E-state index in [2.05, 4.69) is 12.2 Å². The number of nitrogens with zero attached hydrogens (tertiary/aromatic N) is 2. The molecule has 7 heteroatoms. The number of hydrogen-bond acceptors (Lipinski definition) is 5. The summed E-state index contributed by atoms with van der Waals surface area (Å²) in [5, 5.41) is 4.17. The summed E-state index contributed by atoms with van der Waals surface area (Å²) in [7, 11) is 1.59. The molecule has 4 rings (SSSR count). The van der Waals surface area contributed by atoms with Crippen LogP contribution < -0.4 is 15.6 Å². The predicted octanol–water partition coefficient (Wildman–Crippen LogP) is 4.18. The zero-order valence-corrected chi connectivity index (χ0v) is 18.7. The molecule has 1 N–H and O–H groups in total. The molecular formula is C24H27N3O3S. The van der Waals surface area contributed by atoms with Crippen molar-refractivity contribution >= 4 is 28.6 Å². The molecule has 1 heterocycles. The third-order valence-electron chi connectivity index (χ3n) is 5.77. The summed E-state index contributed by atoms with van der Waals surface area (Å²) in [6, 6.07) is 14.8. The summed E-state index contributed by atoms with van der Waals surface area (Å²) in [4.78, 5) is 30.6. The first-order valence-electron chi connectivity index (χ1n) is 10.6. The SMILES string of the molecule is COc1cccc(-n2c(SCC(=O)NC3CCC(C)CC3)nc3ccccc3c2=O)c1. The van der Waals surface area contributed by atoms with Crippen molar-refractivity contribution in [3.05, 3.63) is 58.9 Å². The van der Waals surface area contributed by atoms with Crippen LogP contribution in [0.15, 0.2) is 58.5 Å². The molecule has 0 unspecified atom stereocenters. The second-order valence-electron chi connectivity index (χ2n) is 8.07. The predicted molar refractivity (Wildman–Crippen MR) is 124 cm³/mol. The Morgan fingerprint density at radius 3 is 2.71 bits per heavy atom. The van der Waals surface area contributed by atoms with Gasteiger partial charge in [-0.15, -0.1) is 0 Å². The molecular weight excluding hydrogens is 410 g/mol. The van der Waals surface area contributed by atoms with Crippen molar-refractivity contribution in [1.82, 2.24) is 14.9 Å². The molecule has 0 atom stereocenters. The van der Waals surface area contributed by atoms with Crippen LogP contribution in [0.3, 0.4) is 0 Å². The third kappa shape index (κ3) is 4.93. The Hall–Kier alpha value is -2.80. The van der Waals surface area contributed by atoms with Gasteiger partial charge in [0.1, 0.15) is 5.75 Å². The number of ether oxygens (including phenoxy) is 1. The molecule has 3 aromatic rings. The number of amides is 1. The maximum atomic E-state index is 13.3. The summed E-state index contributed by atoms with van der Waals surface area (Å²) < 4.78 is 6.89. The lowest BCUT2D eigenvalue weighted by atomic mass is 9.87. The van der Waals surface area contributed by atoms with Gasteiger partial charge in [0, 0.05) is 12.1 Å². The summed E-state index contributed by atoms with van der Waals surface area (Å²) in [5.41, 5.74) is 1.12. The quantitative estimate of drug-likeness (QED) is 0.463. The second-order valence-corrected chi connectivity index (χ2v) is 9.01. The fraction of sp³-hybridized carbons (Fsp3) is 0.375. The van der Waals surface area contributed by atoms with E-state index in [4.69, 9.17) is 9.72 Å². The monoisotopic (exact) mass is 437 g/mol. The van der Waals surface area contributed by atoms with Gasteiger partial charge in [0.25, 0.3) is 5.56 Å². The summed E-state index contributed by atoms with van der Waals surface area (Å²) in [6.07, 6.45) is 4.36. The summed E-state index contributed by atoms with van der Waals surface area (Å²) in [5.74, 6) is 1.57. The van der Waals surface area contributed by atoms with Crippen molar-refractivity contribution in [2.75, 3.05) is 12.9 Å². The average Bonchev–Trinajstić information content (AvgIpc) is 2.79. The highest BCUT2D eigenvalue weighted by molar-refractivity contribution is 7.99. The van der Waals surface area contributed by atoms with E-state index in [1.165, 1.54) is 11.8 Å². The highest BCUT2D eigenvalue weighted by Crippen LogP contribution is 2.25. The fourth-order valence-electron chi connectivity index (χ4n) is 3.99. The number of carbonyl (C=O) groups is 1. The topological polar surface area (TPSA) is 73.2 Å². The van der Waals surface area contributed by atoms with Crippen molar-refractivity contribution in [1.29, 1.82) is 0 Å². The lowest BCUT2D eigenvalue weighted by molar-refractivity contribution is -0.119. The number of thioether (sulfide) groups is 1. The minimum Gasteiger partial charge on any atom is -0.497 e. The van der Waals surface area contributed by atoms with Crippen LogP contribution in [0.5, 0.6) is 5.75 Å². The minimum absolute atomic E-state index is 0.0239. The Balaban J connectivity index is 1.61. The van der Waals surface area contributed by atoms with Gasteiger partial charge in [-0.3, -0.25) is 14.2 Å². The van der Waals surface area contributed by atoms with Gasteiger partial charge in [0.15, 0.2) is 5.16 Å². The summed E-state index contributed by atoms with van der Waals surface area (Å²) >= 11 is 1.28. The maximum absolute atomic E-state index is 13.3.